The molecule has 0 aliphatic carbocycles. The molecule has 112 valence electrons. The number of nitrogens with one attached hydrogen (secondary N) is 1. The van der Waals surface area contributed by atoms with Crippen LogP contribution in [-0.4, -0.2) is 31.0 Å². The number of H-pyrrole nitrogens is 1. The normalized spacial score (nSPS) is 16.1. The van der Waals surface area contributed by atoms with Crippen LogP contribution < -0.4 is 0 Å². The highest BCUT2D eigenvalue weighted by molar-refractivity contribution is 5.91. The van der Waals surface area contributed by atoms with Crippen LogP contribution in [0.2, 0.25) is 0 Å². The highest BCUT2D eigenvalue weighted by atomic mass is 16.3. The van der Waals surface area contributed by atoms with Gasteiger partial charge >= 0.3 is 0 Å². The van der Waals surface area contributed by atoms with E-state index in [0.717, 1.165) is 11.1 Å². The molecule has 1 atom stereocenters. The Hall–Kier alpha value is -3.47. The first-order valence-electron chi connectivity index (χ1n) is 6.85. The largest absolute Gasteiger partial charge is 0.446 e. The summed E-state index contributed by atoms with van der Waals surface area (Å²) in [6.45, 7) is 0.357. The highest BCUT2D eigenvalue weighted by Gasteiger charge is 2.38. The molecule has 1 N–H and O–H groups in total. The van der Waals surface area contributed by atoms with Crippen LogP contribution >= 0.6 is 0 Å². The first-order chi connectivity index (χ1) is 11.3. The topological polar surface area (TPSA) is 112 Å². The SMILES string of the molecule is N#Cc1ccc2c(c1)CN(C(=O)c1ncn[nH]1)C2c1cnco1. The Bertz CT molecular complexity index is 895. The van der Waals surface area contributed by atoms with Gasteiger partial charge < -0.3 is 9.32 Å². The van der Waals surface area contributed by atoms with Gasteiger partial charge in [0.1, 0.15) is 12.4 Å². The summed E-state index contributed by atoms with van der Waals surface area (Å²) >= 11 is 0. The standard InChI is InChI=1S/C15H10N6O2/c16-4-9-1-2-11-10(3-9)6-21(13(11)12-5-17-8-23-12)15(22)14-18-7-19-20-14/h1-3,5,7-8,13H,6H2,(H,18,19,20). The molecule has 3 aromatic rings. The number of nitrogens with zero attached hydrogens (tertiary/aromatic N) is 5. The summed E-state index contributed by atoms with van der Waals surface area (Å²) < 4.78 is 5.41. The van der Waals surface area contributed by atoms with Gasteiger partial charge in [-0.05, 0) is 23.3 Å². The van der Waals surface area contributed by atoms with Gasteiger partial charge in [0.2, 0.25) is 5.82 Å². The number of hydrogen-bond acceptors (Lipinski definition) is 6. The van der Waals surface area contributed by atoms with E-state index in [0.29, 0.717) is 17.9 Å². The second-order valence-corrected chi connectivity index (χ2v) is 5.10. The molecule has 4 rings (SSSR count). The average Bonchev–Trinajstić information content (AvgIpc) is 3.31. The minimum Gasteiger partial charge on any atom is -0.446 e. The maximum atomic E-state index is 12.7. The zero-order valence-electron chi connectivity index (χ0n) is 11.8. The van der Waals surface area contributed by atoms with Crippen molar-refractivity contribution in [2.75, 3.05) is 0 Å². The molecule has 0 fully saturated rings. The smallest absolute Gasteiger partial charge is 0.292 e. The number of carbonyl (C=O) groups is 1. The van der Waals surface area contributed by atoms with Crippen molar-refractivity contribution in [1.29, 1.82) is 5.26 Å². The van der Waals surface area contributed by atoms with Gasteiger partial charge in [0.25, 0.3) is 5.91 Å². The van der Waals surface area contributed by atoms with E-state index in [1.165, 1.54) is 12.7 Å². The molecule has 3 heterocycles. The fourth-order valence-corrected chi connectivity index (χ4v) is 2.82. The first kappa shape index (κ1) is 13.2. The highest BCUT2D eigenvalue weighted by Crippen LogP contribution is 2.39. The van der Waals surface area contributed by atoms with Crippen LogP contribution in [0, 0.1) is 11.3 Å². The van der Waals surface area contributed by atoms with Crippen LogP contribution in [0.25, 0.3) is 0 Å². The van der Waals surface area contributed by atoms with E-state index in [1.54, 1.807) is 23.2 Å². The monoisotopic (exact) mass is 306 g/mol. The third-order valence-electron chi connectivity index (χ3n) is 3.82. The molecule has 1 amide bonds. The predicted octanol–water partition coefficient (Wildman–Crippen LogP) is 1.41. The van der Waals surface area contributed by atoms with E-state index >= 15 is 0 Å². The van der Waals surface area contributed by atoms with E-state index in [-0.39, 0.29) is 11.7 Å². The van der Waals surface area contributed by atoms with Gasteiger partial charge in [-0.1, -0.05) is 6.07 Å². The zero-order valence-corrected chi connectivity index (χ0v) is 11.8. The molecule has 1 aliphatic rings. The lowest BCUT2D eigenvalue weighted by Crippen LogP contribution is -2.30. The zero-order chi connectivity index (χ0) is 15.8. The molecule has 0 spiro atoms. The number of amides is 1. The van der Waals surface area contributed by atoms with Crippen molar-refractivity contribution in [3.8, 4) is 6.07 Å². The lowest BCUT2D eigenvalue weighted by Gasteiger charge is -2.22. The molecule has 8 heteroatoms. The number of hydrogen-bond donors (Lipinski definition) is 1. The minimum absolute atomic E-state index is 0.155. The summed E-state index contributed by atoms with van der Waals surface area (Å²) in [7, 11) is 0. The second kappa shape index (κ2) is 5.06. The molecule has 2 aromatic heterocycles. The van der Waals surface area contributed by atoms with Crippen LogP contribution in [0.3, 0.4) is 0 Å². The van der Waals surface area contributed by atoms with E-state index in [4.69, 9.17) is 9.68 Å². The van der Waals surface area contributed by atoms with E-state index in [1.807, 2.05) is 6.07 Å². The number of nitriles is 1. The average molecular weight is 306 g/mol. The lowest BCUT2D eigenvalue weighted by atomic mass is 10.0. The van der Waals surface area contributed by atoms with Crippen LogP contribution in [0.1, 0.15) is 39.1 Å². The minimum atomic E-state index is -0.405. The molecule has 0 saturated carbocycles. The molecule has 23 heavy (non-hydrogen) atoms. The number of benzene rings is 1. The Morgan fingerprint density at radius 3 is 3.09 bits per heavy atom. The van der Waals surface area contributed by atoms with Gasteiger partial charge in [-0.2, -0.15) is 10.4 Å². The van der Waals surface area contributed by atoms with Crippen molar-refractivity contribution in [2.24, 2.45) is 0 Å². The second-order valence-electron chi connectivity index (χ2n) is 5.10. The quantitative estimate of drug-likeness (QED) is 0.766. The Balaban J connectivity index is 1.80. The molecular weight excluding hydrogens is 296 g/mol. The summed E-state index contributed by atoms with van der Waals surface area (Å²) in [5.74, 6) is 0.419. The van der Waals surface area contributed by atoms with Gasteiger partial charge in [0.05, 0.1) is 17.8 Å². The fraction of sp³-hybridized carbons (Fsp3) is 0.133. The van der Waals surface area contributed by atoms with Gasteiger partial charge in [-0.3, -0.25) is 9.89 Å². The van der Waals surface area contributed by atoms with Crippen molar-refractivity contribution in [1.82, 2.24) is 25.1 Å². The molecule has 1 unspecified atom stereocenters. The van der Waals surface area contributed by atoms with E-state index in [2.05, 4.69) is 26.2 Å². The molecule has 0 radical (unpaired) electrons. The first-order valence-corrected chi connectivity index (χ1v) is 6.85. The van der Waals surface area contributed by atoms with Crippen LogP contribution in [-0.2, 0) is 6.54 Å². The van der Waals surface area contributed by atoms with Crippen molar-refractivity contribution in [3.63, 3.8) is 0 Å². The van der Waals surface area contributed by atoms with Gasteiger partial charge in [-0.15, -0.1) is 0 Å². The third-order valence-corrected chi connectivity index (χ3v) is 3.82. The maximum absolute atomic E-state index is 12.7. The molecule has 8 nitrogen and oxygen atoms in total. The summed E-state index contributed by atoms with van der Waals surface area (Å²) in [5, 5.41) is 15.4. The molecule has 0 bridgehead atoms. The predicted molar refractivity (Wildman–Crippen MR) is 75.8 cm³/mol. The lowest BCUT2D eigenvalue weighted by molar-refractivity contribution is 0.0691. The number of oxazole rings is 1. The van der Waals surface area contributed by atoms with Crippen molar-refractivity contribution < 1.29 is 9.21 Å². The molecule has 1 aliphatic heterocycles. The number of fused-ring (bicyclic) bond motifs is 1. The van der Waals surface area contributed by atoms with Gasteiger partial charge in [0.15, 0.2) is 12.2 Å². The molecule has 1 aromatic carbocycles. The molecular formula is C15H10N6O2. The molecule has 0 saturated heterocycles. The van der Waals surface area contributed by atoms with Crippen molar-refractivity contribution >= 4 is 5.91 Å². The van der Waals surface area contributed by atoms with Gasteiger partial charge in [0, 0.05) is 6.54 Å². The van der Waals surface area contributed by atoms with Crippen molar-refractivity contribution in [2.45, 2.75) is 12.6 Å². The van der Waals surface area contributed by atoms with E-state index < -0.39 is 6.04 Å². The van der Waals surface area contributed by atoms with Gasteiger partial charge in [-0.25, -0.2) is 9.97 Å². The summed E-state index contributed by atoms with van der Waals surface area (Å²) in [4.78, 5) is 22.2. The van der Waals surface area contributed by atoms with Crippen molar-refractivity contribution in [3.05, 3.63) is 65.4 Å². The number of carbonyl (C=O) groups excluding carboxylic acids is 1. The third kappa shape index (κ3) is 2.06. The van der Waals surface area contributed by atoms with Crippen LogP contribution in [0.4, 0.5) is 0 Å². The van der Waals surface area contributed by atoms with Crippen LogP contribution in [0.5, 0.6) is 0 Å². The van der Waals surface area contributed by atoms with Crippen LogP contribution in [0.15, 0.2) is 41.5 Å². The number of rotatable bonds is 2. The van der Waals surface area contributed by atoms with E-state index in [9.17, 15) is 4.79 Å². The number of aromatic amines is 1. The Morgan fingerprint density at radius 2 is 2.39 bits per heavy atom. The Labute approximate surface area is 130 Å². The maximum Gasteiger partial charge on any atom is 0.292 e. The number of aromatic nitrogens is 4. The summed E-state index contributed by atoms with van der Waals surface area (Å²) in [6.07, 6.45) is 4.19. The fourth-order valence-electron chi connectivity index (χ4n) is 2.82. The summed E-state index contributed by atoms with van der Waals surface area (Å²) in [5.41, 5.74) is 2.36. The Kier molecular flexibility index (Phi) is 2.91. The Morgan fingerprint density at radius 1 is 1.48 bits per heavy atom. The summed E-state index contributed by atoms with van der Waals surface area (Å²) in [6, 6.07) is 7.06.